The Kier molecular flexibility index (Phi) is 3.86. The average Bonchev–Trinajstić information content (AvgIpc) is 2.98. The highest BCUT2D eigenvalue weighted by molar-refractivity contribution is 9.10. The molecule has 124 valence electrons. The number of imidazole rings is 1. The van der Waals surface area contributed by atoms with Crippen LogP contribution in [-0.2, 0) is 17.7 Å². The van der Waals surface area contributed by atoms with E-state index in [0.29, 0.717) is 6.54 Å². The maximum Gasteiger partial charge on any atom is 0.206 e. The van der Waals surface area contributed by atoms with Gasteiger partial charge < -0.3 is 19.9 Å². The number of aryl methyl sites for hydroxylation is 3. The van der Waals surface area contributed by atoms with Crippen molar-refractivity contribution < 1.29 is 4.74 Å². The Balaban J connectivity index is 1.89. The van der Waals surface area contributed by atoms with Gasteiger partial charge in [0.05, 0.1) is 23.7 Å². The Hall–Kier alpha value is -1.11. The maximum absolute atomic E-state index is 5.80. The summed E-state index contributed by atoms with van der Waals surface area (Å²) in [6, 6.07) is 0. The van der Waals surface area contributed by atoms with Gasteiger partial charge in [-0.3, -0.25) is 0 Å². The zero-order valence-corrected chi connectivity index (χ0v) is 15.3. The summed E-state index contributed by atoms with van der Waals surface area (Å²) in [5.41, 5.74) is 12.3. The lowest BCUT2D eigenvalue weighted by Gasteiger charge is -2.33. The van der Waals surface area contributed by atoms with Crippen molar-refractivity contribution >= 4 is 32.9 Å². The number of anilines is 1. The Morgan fingerprint density at radius 3 is 2.91 bits per heavy atom. The lowest BCUT2D eigenvalue weighted by Crippen LogP contribution is -2.46. The third-order valence-corrected chi connectivity index (χ3v) is 6.38. The molecule has 5 nitrogen and oxygen atoms in total. The minimum Gasteiger partial charge on any atom is -0.373 e. The smallest absolute Gasteiger partial charge is 0.206 e. The number of ether oxygens (including phenoxy) is 1. The van der Waals surface area contributed by atoms with E-state index in [4.69, 9.17) is 15.5 Å². The van der Waals surface area contributed by atoms with Gasteiger partial charge in [0, 0.05) is 30.7 Å². The fourth-order valence-electron chi connectivity index (χ4n) is 3.92. The fourth-order valence-corrected chi connectivity index (χ4v) is 4.35. The molecule has 0 amide bonds. The first-order valence-electron chi connectivity index (χ1n) is 8.36. The van der Waals surface area contributed by atoms with Gasteiger partial charge in [-0.1, -0.05) is 15.9 Å². The normalized spacial score (nSPS) is 21.2. The van der Waals surface area contributed by atoms with Crippen molar-refractivity contribution in [3.63, 3.8) is 0 Å². The Labute approximate surface area is 144 Å². The second-order valence-electron chi connectivity index (χ2n) is 6.58. The van der Waals surface area contributed by atoms with E-state index in [-0.39, 0.29) is 6.10 Å². The van der Waals surface area contributed by atoms with Crippen molar-refractivity contribution in [2.75, 3.05) is 31.1 Å². The standard InChI is InChI=1S/C17H23BrN4O/c1-10-13-4-3-5-22-16(13)15(11(2)14(10)18)20-17(22)21-6-7-23-12(8-19)9-21/h12H,3-9,19H2,1-2H3. The summed E-state index contributed by atoms with van der Waals surface area (Å²) in [5, 5.41) is 0. The van der Waals surface area contributed by atoms with Crippen LogP contribution in [0.3, 0.4) is 0 Å². The highest BCUT2D eigenvalue weighted by Gasteiger charge is 2.28. The lowest BCUT2D eigenvalue weighted by atomic mass is 9.97. The molecule has 1 atom stereocenters. The molecule has 2 aromatic rings. The monoisotopic (exact) mass is 378 g/mol. The molecule has 1 saturated heterocycles. The van der Waals surface area contributed by atoms with Crippen LogP contribution in [0.25, 0.3) is 11.0 Å². The molecule has 2 aliphatic rings. The minimum absolute atomic E-state index is 0.106. The van der Waals surface area contributed by atoms with E-state index in [1.807, 2.05) is 0 Å². The Morgan fingerprint density at radius 2 is 2.13 bits per heavy atom. The number of nitrogens with zero attached hydrogens (tertiary/aromatic N) is 3. The van der Waals surface area contributed by atoms with Crippen LogP contribution >= 0.6 is 15.9 Å². The van der Waals surface area contributed by atoms with Crippen LogP contribution in [-0.4, -0.2) is 41.9 Å². The predicted molar refractivity (Wildman–Crippen MR) is 96.2 cm³/mol. The topological polar surface area (TPSA) is 56.3 Å². The quantitative estimate of drug-likeness (QED) is 0.871. The van der Waals surface area contributed by atoms with Gasteiger partial charge in [-0.25, -0.2) is 4.98 Å². The molecule has 1 aromatic carbocycles. The van der Waals surface area contributed by atoms with Crippen molar-refractivity contribution in [2.24, 2.45) is 5.73 Å². The number of hydrogen-bond acceptors (Lipinski definition) is 4. The second kappa shape index (κ2) is 5.76. The molecule has 0 bridgehead atoms. The molecule has 23 heavy (non-hydrogen) atoms. The van der Waals surface area contributed by atoms with E-state index in [0.717, 1.165) is 44.1 Å². The third kappa shape index (κ3) is 2.30. The van der Waals surface area contributed by atoms with E-state index < -0.39 is 0 Å². The highest BCUT2D eigenvalue weighted by atomic mass is 79.9. The van der Waals surface area contributed by atoms with Gasteiger partial charge in [-0.05, 0) is 43.4 Å². The molecular weight excluding hydrogens is 356 g/mol. The molecule has 1 aromatic heterocycles. The largest absolute Gasteiger partial charge is 0.373 e. The molecule has 1 fully saturated rings. The van der Waals surface area contributed by atoms with Crippen LogP contribution in [0.2, 0.25) is 0 Å². The fraction of sp³-hybridized carbons (Fsp3) is 0.588. The summed E-state index contributed by atoms with van der Waals surface area (Å²) in [6.07, 6.45) is 2.42. The molecular formula is C17H23BrN4O. The number of aromatic nitrogens is 2. The van der Waals surface area contributed by atoms with Gasteiger partial charge in [-0.15, -0.1) is 0 Å². The van der Waals surface area contributed by atoms with Gasteiger partial charge in [0.1, 0.15) is 0 Å². The molecule has 0 radical (unpaired) electrons. The average molecular weight is 379 g/mol. The van der Waals surface area contributed by atoms with Crippen molar-refractivity contribution in [3.05, 3.63) is 21.2 Å². The van der Waals surface area contributed by atoms with Crippen molar-refractivity contribution in [1.82, 2.24) is 9.55 Å². The molecule has 3 heterocycles. The van der Waals surface area contributed by atoms with Crippen molar-refractivity contribution in [3.8, 4) is 0 Å². The third-order valence-electron chi connectivity index (χ3n) is 5.19. The SMILES string of the molecule is Cc1c(Br)c(C)c2nc(N3CCOC(CN)C3)n3c2c1CCC3. The first kappa shape index (κ1) is 15.4. The zero-order valence-electron chi connectivity index (χ0n) is 13.7. The van der Waals surface area contributed by atoms with Crippen molar-refractivity contribution in [1.29, 1.82) is 0 Å². The number of morpholine rings is 1. The van der Waals surface area contributed by atoms with E-state index in [9.17, 15) is 0 Å². The maximum atomic E-state index is 5.80. The van der Waals surface area contributed by atoms with Crippen LogP contribution in [0.4, 0.5) is 5.95 Å². The zero-order chi connectivity index (χ0) is 16.1. The lowest BCUT2D eigenvalue weighted by molar-refractivity contribution is 0.0458. The molecule has 0 aliphatic carbocycles. The molecule has 0 saturated carbocycles. The van der Waals surface area contributed by atoms with E-state index >= 15 is 0 Å². The molecule has 4 rings (SSSR count). The highest BCUT2D eigenvalue weighted by Crippen LogP contribution is 2.38. The van der Waals surface area contributed by atoms with Gasteiger partial charge >= 0.3 is 0 Å². The minimum atomic E-state index is 0.106. The molecule has 0 spiro atoms. The first-order chi connectivity index (χ1) is 11.1. The van der Waals surface area contributed by atoms with Gasteiger partial charge in [0.25, 0.3) is 0 Å². The van der Waals surface area contributed by atoms with E-state index in [2.05, 4.69) is 39.2 Å². The number of nitrogens with two attached hydrogens (primary N) is 1. The van der Waals surface area contributed by atoms with Gasteiger partial charge in [0.15, 0.2) is 0 Å². The van der Waals surface area contributed by atoms with Crippen LogP contribution in [0.15, 0.2) is 4.47 Å². The molecule has 2 aliphatic heterocycles. The number of hydrogen-bond donors (Lipinski definition) is 1. The number of halogens is 1. The summed E-state index contributed by atoms with van der Waals surface area (Å²) in [6.45, 7) is 8.42. The summed E-state index contributed by atoms with van der Waals surface area (Å²) in [7, 11) is 0. The van der Waals surface area contributed by atoms with Crippen LogP contribution in [0.1, 0.15) is 23.1 Å². The van der Waals surface area contributed by atoms with Gasteiger partial charge in [-0.2, -0.15) is 0 Å². The summed E-state index contributed by atoms with van der Waals surface area (Å²) in [4.78, 5) is 7.39. The molecule has 2 N–H and O–H groups in total. The summed E-state index contributed by atoms with van der Waals surface area (Å²) in [5.74, 6) is 1.09. The number of benzene rings is 1. The Bertz CT molecular complexity index is 770. The van der Waals surface area contributed by atoms with Gasteiger partial charge in [0.2, 0.25) is 5.95 Å². The van der Waals surface area contributed by atoms with E-state index in [1.165, 1.54) is 33.1 Å². The molecule has 6 heteroatoms. The van der Waals surface area contributed by atoms with Crippen LogP contribution < -0.4 is 10.6 Å². The first-order valence-corrected chi connectivity index (χ1v) is 9.15. The summed E-state index contributed by atoms with van der Waals surface area (Å²) >= 11 is 3.77. The van der Waals surface area contributed by atoms with E-state index in [1.54, 1.807) is 0 Å². The Morgan fingerprint density at radius 1 is 1.30 bits per heavy atom. The second-order valence-corrected chi connectivity index (χ2v) is 7.37. The predicted octanol–water partition coefficient (Wildman–Crippen LogP) is 2.53. The van der Waals surface area contributed by atoms with Crippen LogP contribution in [0, 0.1) is 13.8 Å². The summed E-state index contributed by atoms with van der Waals surface area (Å²) < 4.78 is 9.34. The van der Waals surface area contributed by atoms with Crippen molar-refractivity contribution in [2.45, 2.75) is 39.3 Å². The molecule has 1 unspecified atom stereocenters. The van der Waals surface area contributed by atoms with Crippen LogP contribution in [0.5, 0.6) is 0 Å². The number of rotatable bonds is 2.